The maximum Gasteiger partial charge on any atom is 0.147 e. The lowest BCUT2D eigenvalue weighted by Gasteiger charge is -2.62. The Balaban J connectivity index is 1.12. The Labute approximate surface area is 283 Å². The van der Waals surface area contributed by atoms with Gasteiger partial charge in [0, 0.05) is 38.0 Å². The van der Waals surface area contributed by atoms with Crippen LogP contribution >= 0.6 is 0 Å². The SMILES string of the molecule is c1ccc(-n2c3ccccc3c3cc(C4(c5ccc6c(c5)oc5c6ccc6oc7ccccc7c65)C5CC6CC(C5)CC4C6)ccc32)cc1. The van der Waals surface area contributed by atoms with Crippen molar-refractivity contribution in [1.29, 1.82) is 0 Å². The normalized spacial score (nSPS) is 24.8. The van der Waals surface area contributed by atoms with E-state index in [1.165, 1.54) is 76.1 Å². The molecule has 0 unspecified atom stereocenters. The van der Waals surface area contributed by atoms with E-state index in [0.29, 0.717) is 11.8 Å². The Hall–Kier alpha value is -5.28. The number of benzene rings is 6. The highest BCUT2D eigenvalue weighted by molar-refractivity contribution is 6.22. The molecule has 236 valence electrons. The molecule has 4 aliphatic carbocycles. The molecule has 3 aromatic heterocycles. The van der Waals surface area contributed by atoms with E-state index in [9.17, 15) is 0 Å². The van der Waals surface area contributed by atoms with Crippen molar-refractivity contribution in [3.63, 3.8) is 0 Å². The Morgan fingerprint density at radius 1 is 0.469 bits per heavy atom. The molecule has 0 radical (unpaired) electrons. The van der Waals surface area contributed by atoms with Gasteiger partial charge in [-0.2, -0.15) is 0 Å². The number of hydrogen-bond acceptors (Lipinski definition) is 2. The lowest BCUT2D eigenvalue weighted by Crippen LogP contribution is -2.56. The van der Waals surface area contributed by atoms with E-state index in [1.807, 2.05) is 12.1 Å². The van der Waals surface area contributed by atoms with Crippen molar-refractivity contribution < 1.29 is 8.83 Å². The summed E-state index contributed by atoms with van der Waals surface area (Å²) in [6.45, 7) is 0. The Morgan fingerprint density at radius 3 is 1.98 bits per heavy atom. The Bertz CT molecular complexity index is 2770. The van der Waals surface area contributed by atoms with Gasteiger partial charge in [-0.1, -0.05) is 72.8 Å². The number of para-hydroxylation sites is 3. The van der Waals surface area contributed by atoms with Crippen molar-refractivity contribution in [3.05, 3.63) is 139 Å². The molecule has 9 aromatic rings. The molecule has 3 heteroatoms. The number of fused-ring (bicyclic) bond motifs is 10. The first-order valence-corrected chi connectivity index (χ1v) is 18.1. The molecule has 0 spiro atoms. The molecule has 0 saturated heterocycles. The number of furan rings is 2. The fourth-order valence-corrected chi connectivity index (χ4v) is 11.4. The first kappa shape index (κ1) is 26.6. The van der Waals surface area contributed by atoms with Gasteiger partial charge in [-0.3, -0.25) is 0 Å². The van der Waals surface area contributed by atoms with E-state index < -0.39 is 0 Å². The molecule has 6 aromatic carbocycles. The van der Waals surface area contributed by atoms with E-state index in [-0.39, 0.29) is 5.41 Å². The third-order valence-electron chi connectivity index (χ3n) is 13.0. The summed E-state index contributed by atoms with van der Waals surface area (Å²) in [6.07, 6.45) is 6.75. The van der Waals surface area contributed by atoms with E-state index >= 15 is 0 Å². The van der Waals surface area contributed by atoms with Gasteiger partial charge in [0.25, 0.3) is 0 Å². The summed E-state index contributed by atoms with van der Waals surface area (Å²) in [7, 11) is 0. The summed E-state index contributed by atoms with van der Waals surface area (Å²) in [6, 6.07) is 47.1. The number of aromatic nitrogens is 1. The van der Waals surface area contributed by atoms with Crippen molar-refractivity contribution in [2.24, 2.45) is 23.7 Å². The molecule has 4 saturated carbocycles. The molecule has 0 N–H and O–H groups in total. The van der Waals surface area contributed by atoms with Crippen LogP contribution in [0.2, 0.25) is 0 Å². The summed E-state index contributed by atoms with van der Waals surface area (Å²) in [5.74, 6) is 3.01. The van der Waals surface area contributed by atoms with Gasteiger partial charge in [0.15, 0.2) is 0 Å². The third-order valence-corrected chi connectivity index (χ3v) is 13.0. The molecule has 4 bridgehead atoms. The maximum absolute atomic E-state index is 6.91. The Morgan fingerprint density at radius 2 is 1.14 bits per heavy atom. The second kappa shape index (κ2) is 9.45. The van der Waals surface area contributed by atoms with Crippen LogP contribution in [-0.2, 0) is 5.41 Å². The monoisotopic (exact) mass is 633 g/mol. The molecule has 0 aliphatic heterocycles. The zero-order valence-corrected chi connectivity index (χ0v) is 27.2. The molecule has 3 heterocycles. The topological polar surface area (TPSA) is 31.2 Å². The highest BCUT2D eigenvalue weighted by Gasteiger charge is 2.58. The largest absolute Gasteiger partial charge is 0.456 e. The van der Waals surface area contributed by atoms with Gasteiger partial charge in [0.1, 0.15) is 22.3 Å². The van der Waals surface area contributed by atoms with Crippen molar-refractivity contribution in [2.75, 3.05) is 0 Å². The van der Waals surface area contributed by atoms with Crippen molar-refractivity contribution in [1.82, 2.24) is 4.57 Å². The van der Waals surface area contributed by atoms with Crippen LogP contribution in [0.15, 0.2) is 136 Å². The molecule has 3 nitrogen and oxygen atoms in total. The van der Waals surface area contributed by atoms with Crippen LogP contribution in [0.5, 0.6) is 0 Å². The predicted molar refractivity (Wildman–Crippen MR) is 200 cm³/mol. The highest BCUT2D eigenvalue weighted by atomic mass is 16.3. The van der Waals surface area contributed by atoms with Gasteiger partial charge in [0.2, 0.25) is 0 Å². The van der Waals surface area contributed by atoms with Crippen LogP contribution in [0, 0.1) is 23.7 Å². The van der Waals surface area contributed by atoms with Gasteiger partial charge in [0.05, 0.1) is 16.4 Å². The Kier molecular flexibility index (Phi) is 5.14. The second-order valence-electron chi connectivity index (χ2n) is 15.3. The van der Waals surface area contributed by atoms with Crippen molar-refractivity contribution in [2.45, 2.75) is 37.5 Å². The summed E-state index contributed by atoms with van der Waals surface area (Å²) < 4.78 is 15.6. The van der Waals surface area contributed by atoms with E-state index in [4.69, 9.17) is 8.83 Å². The van der Waals surface area contributed by atoms with E-state index in [0.717, 1.165) is 50.3 Å². The molecule has 4 aliphatic rings. The fraction of sp³-hybridized carbons (Fsp3) is 0.217. The number of nitrogens with zero attached hydrogens (tertiary/aromatic N) is 1. The quantitative estimate of drug-likeness (QED) is 0.194. The average molecular weight is 634 g/mol. The summed E-state index contributed by atoms with van der Waals surface area (Å²) in [4.78, 5) is 0. The molecular formula is C46H35NO2. The molecule has 4 fully saturated rings. The van der Waals surface area contributed by atoms with Crippen molar-refractivity contribution in [3.8, 4) is 5.69 Å². The predicted octanol–water partition coefficient (Wildman–Crippen LogP) is 12.3. The van der Waals surface area contributed by atoms with Crippen LogP contribution < -0.4 is 0 Å². The summed E-state index contributed by atoms with van der Waals surface area (Å²) in [5.41, 5.74) is 10.3. The zero-order valence-electron chi connectivity index (χ0n) is 27.2. The molecule has 13 rings (SSSR count). The number of hydrogen-bond donors (Lipinski definition) is 0. The fourth-order valence-electron chi connectivity index (χ4n) is 11.4. The second-order valence-corrected chi connectivity index (χ2v) is 15.3. The van der Waals surface area contributed by atoms with E-state index in [2.05, 4.69) is 120 Å². The van der Waals surface area contributed by atoms with Gasteiger partial charge < -0.3 is 13.4 Å². The molecule has 49 heavy (non-hydrogen) atoms. The average Bonchev–Trinajstić information content (AvgIpc) is 3.81. The van der Waals surface area contributed by atoms with Gasteiger partial charge in [-0.15, -0.1) is 0 Å². The first-order chi connectivity index (χ1) is 24.2. The molecule has 0 amide bonds. The molecule has 0 atom stereocenters. The van der Waals surface area contributed by atoms with Crippen LogP contribution in [0.4, 0.5) is 0 Å². The minimum atomic E-state index is -0.0393. The minimum absolute atomic E-state index is 0.0393. The minimum Gasteiger partial charge on any atom is -0.456 e. The first-order valence-electron chi connectivity index (χ1n) is 18.1. The summed E-state index contributed by atoms with van der Waals surface area (Å²) in [5, 5.41) is 7.22. The van der Waals surface area contributed by atoms with Crippen LogP contribution in [0.1, 0.15) is 43.2 Å². The highest BCUT2D eigenvalue weighted by Crippen LogP contribution is 2.65. The van der Waals surface area contributed by atoms with Gasteiger partial charge in [-0.25, -0.2) is 0 Å². The van der Waals surface area contributed by atoms with Gasteiger partial charge in [-0.05, 0) is 121 Å². The number of rotatable bonds is 3. The van der Waals surface area contributed by atoms with Crippen LogP contribution in [0.25, 0.3) is 71.4 Å². The lowest BCUT2D eigenvalue weighted by atomic mass is 9.42. The third kappa shape index (κ3) is 3.43. The van der Waals surface area contributed by atoms with Crippen molar-refractivity contribution >= 4 is 65.7 Å². The standard InChI is InChI=1S/C46H35NO2/c1-2-8-33(9-3-1)47-39-12-6-4-10-34(39)38-25-29(15-18-40(38)47)46(31-21-27-20-28(23-31)24-32(46)22-27)30-14-16-35-36-17-19-42-44(45(36)49-43(35)26-30)37-11-5-7-13-41(37)48-42/h1-19,25-28,31-32H,20-24H2. The van der Waals surface area contributed by atoms with Crippen LogP contribution in [-0.4, -0.2) is 4.57 Å². The maximum atomic E-state index is 6.91. The smallest absolute Gasteiger partial charge is 0.147 e. The zero-order chi connectivity index (χ0) is 31.8. The van der Waals surface area contributed by atoms with E-state index in [1.54, 1.807) is 0 Å². The lowest BCUT2D eigenvalue weighted by molar-refractivity contribution is -0.0417. The van der Waals surface area contributed by atoms with Crippen LogP contribution in [0.3, 0.4) is 0 Å². The molecular weight excluding hydrogens is 599 g/mol. The summed E-state index contributed by atoms with van der Waals surface area (Å²) >= 11 is 0. The van der Waals surface area contributed by atoms with Gasteiger partial charge >= 0.3 is 0 Å².